The second-order valence-corrected chi connectivity index (χ2v) is 6.74. The summed E-state index contributed by atoms with van der Waals surface area (Å²) in [4.78, 5) is 8.30. The molecule has 0 aliphatic heterocycles. The zero-order valence-electron chi connectivity index (χ0n) is 10.8. The van der Waals surface area contributed by atoms with Gasteiger partial charge in [-0.15, -0.1) is 11.3 Å². The number of thiophene rings is 1. The van der Waals surface area contributed by atoms with Crippen molar-refractivity contribution in [2.75, 3.05) is 10.6 Å². The molecule has 0 spiro atoms. The summed E-state index contributed by atoms with van der Waals surface area (Å²) < 4.78 is 1.02. The third kappa shape index (κ3) is 2.62. The molecule has 19 heavy (non-hydrogen) atoms. The van der Waals surface area contributed by atoms with Crippen LogP contribution in [0.1, 0.15) is 23.3 Å². The van der Waals surface area contributed by atoms with Gasteiger partial charge in [0.25, 0.3) is 0 Å². The van der Waals surface area contributed by atoms with Crippen LogP contribution in [-0.2, 0) is 6.54 Å². The number of nitrogen functional groups attached to an aromatic ring is 1. The van der Waals surface area contributed by atoms with E-state index < -0.39 is 0 Å². The first-order valence-corrected chi connectivity index (χ1v) is 8.03. The molecule has 0 atom stereocenters. The first-order chi connectivity index (χ1) is 9.16. The lowest BCUT2D eigenvalue weighted by Crippen LogP contribution is -2.26. The molecule has 3 rings (SSSR count). The molecule has 2 N–H and O–H groups in total. The van der Waals surface area contributed by atoms with Crippen molar-refractivity contribution in [2.45, 2.75) is 32.4 Å². The van der Waals surface area contributed by atoms with E-state index in [0.29, 0.717) is 6.04 Å². The van der Waals surface area contributed by atoms with Gasteiger partial charge in [-0.25, -0.2) is 4.98 Å². The van der Waals surface area contributed by atoms with Gasteiger partial charge in [-0.3, -0.25) is 0 Å². The number of pyridine rings is 1. The van der Waals surface area contributed by atoms with E-state index in [4.69, 9.17) is 5.73 Å². The predicted molar refractivity (Wildman–Crippen MR) is 84.6 cm³/mol. The van der Waals surface area contributed by atoms with E-state index in [1.165, 1.54) is 17.7 Å². The minimum Gasteiger partial charge on any atom is -0.397 e. The van der Waals surface area contributed by atoms with Crippen LogP contribution < -0.4 is 10.6 Å². The fraction of sp³-hybridized carbons (Fsp3) is 0.357. The number of nitrogens with zero attached hydrogens (tertiary/aromatic N) is 2. The summed E-state index contributed by atoms with van der Waals surface area (Å²) in [6.07, 6.45) is 4.27. The number of halogens is 1. The Hall–Kier alpha value is -1.07. The highest BCUT2D eigenvalue weighted by atomic mass is 79.9. The minimum atomic E-state index is 0.619. The van der Waals surface area contributed by atoms with Crippen LogP contribution in [0.4, 0.5) is 11.5 Å². The van der Waals surface area contributed by atoms with Gasteiger partial charge >= 0.3 is 0 Å². The normalized spacial score (nSPS) is 14.6. The molecular weight excluding hydrogens is 322 g/mol. The fourth-order valence-corrected chi connectivity index (χ4v) is 3.37. The van der Waals surface area contributed by atoms with Gasteiger partial charge < -0.3 is 10.6 Å². The monoisotopic (exact) mass is 337 g/mol. The quantitative estimate of drug-likeness (QED) is 0.917. The minimum absolute atomic E-state index is 0.619. The maximum Gasteiger partial charge on any atom is 0.143 e. The fourth-order valence-electron chi connectivity index (χ4n) is 2.11. The number of aromatic nitrogens is 1. The molecule has 3 nitrogen and oxygen atoms in total. The standard InChI is InChI=1S/C14H16BrN3S/c1-9-12(16)7-17-14(13(9)15)18(10-4-5-10)8-11-3-2-6-19-11/h2-3,6-7,10H,4-5,8,16H2,1H3. The summed E-state index contributed by atoms with van der Waals surface area (Å²) >= 11 is 5.45. The molecule has 1 aliphatic carbocycles. The van der Waals surface area contributed by atoms with E-state index in [-0.39, 0.29) is 0 Å². The second kappa shape index (κ2) is 5.13. The van der Waals surface area contributed by atoms with Crippen LogP contribution in [0.2, 0.25) is 0 Å². The summed E-state index contributed by atoms with van der Waals surface area (Å²) in [5.74, 6) is 1.02. The Labute approximate surface area is 125 Å². The first-order valence-electron chi connectivity index (χ1n) is 6.36. The highest BCUT2D eigenvalue weighted by Crippen LogP contribution is 2.38. The molecule has 2 aromatic rings. The largest absolute Gasteiger partial charge is 0.397 e. The van der Waals surface area contributed by atoms with Gasteiger partial charge in [0.05, 0.1) is 22.9 Å². The van der Waals surface area contributed by atoms with E-state index in [0.717, 1.165) is 28.1 Å². The number of anilines is 2. The van der Waals surface area contributed by atoms with Crippen LogP contribution in [0.25, 0.3) is 0 Å². The molecule has 100 valence electrons. The number of hydrogen-bond acceptors (Lipinski definition) is 4. The van der Waals surface area contributed by atoms with Gasteiger partial charge in [-0.05, 0) is 52.7 Å². The predicted octanol–water partition coefficient (Wildman–Crippen LogP) is 3.97. The third-order valence-corrected chi connectivity index (χ3v) is 5.26. The van der Waals surface area contributed by atoms with Crippen LogP contribution >= 0.6 is 27.3 Å². The Kier molecular flexibility index (Phi) is 3.50. The van der Waals surface area contributed by atoms with E-state index >= 15 is 0 Å². The van der Waals surface area contributed by atoms with Crippen molar-refractivity contribution in [2.24, 2.45) is 0 Å². The highest BCUT2D eigenvalue weighted by molar-refractivity contribution is 9.10. The van der Waals surface area contributed by atoms with E-state index in [2.05, 4.69) is 43.3 Å². The third-order valence-electron chi connectivity index (χ3n) is 3.45. The first kappa shape index (κ1) is 12.9. The van der Waals surface area contributed by atoms with Crippen molar-refractivity contribution in [3.63, 3.8) is 0 Å². The SMILES string of the molecule is Cc1c(N)cnc(N(Cc2cccs2)C2CC2)c1Br. The average molecular weight is 338 g/mol. The lowest BCUT2D eigenvalue weighted by atomic mass is 10.2. The molecule has 0 unspecified atom stereocenters. The van der Waals surface area contributed by atoms with Gasteiger partial charge in [0.2, 0.25) is 0 Å². The molecule has 2 heterocycles. The molecule has 0 amide bonds. The molecule has 5 heteroatoms. The van der Waals surface area contributed by atoms with Crippen molar-refractivity contribution >= 4 is 38.8 Å². The Bertz CT molecular complexity index is 579. The molecule has 0 saturated heterocycles. The van der Waals surface area contributed by atoms with Crippen LogP contribution in [0.3, 0.4) is 0 Å². The molecule has 0 bridgehead atoms. The van der Waals surface area contributed by atoms with Crippen molar-refractivity contribution in [1.29, 1.82) is 0 Å². The lowest BCUT2D eigenvalue weighted by molar-refractivity contribution is 0.783. The summed E-state index contributed by atoms with van der Waals surface area (Å²) in [6, 6.07) is 4.90. The van der Waals surface area contributed by atoms with Crippen molar-refractivity contribution in [1.82, 2.24) is 4.98 Å². The highest BCUT2D eigenvalue weighted by Gasteiger charge is 2.31. The Balaban J connectivity index is 1.94. The molecular formula is C14H16BrN3S. The Morgan fingerprint density at radius 1 is 1.53 bits per heavy atom. The molecule has 1 aliphatic rings. The van der Waals surface area contributed by atoms with Crippen LogP contribution in [0, 0.1) is 6.92 Å². The molecule has 0 radical (unpaired) electrons. The molecule has 0 aromatic carbocycles. The molecule has 2 aromatic heterocycles. The molecule has 1 fully saturated rings. The zero-order chi connectivity index (χ0) is 13.4. The van der Waals surface area contributed by atoms with E-state index in [9.17, 15) is 0 Å². The van der Waals surface area contributed by atoms with Gasteiger partial charge in [-0.2, -0.15) is 0 Å². The smallest absolute Gasteiger partial charge is 0.143 e. The second-order valence-electron chi connectivity index (χ2n) is 4.91. The Morgan fingerprint density at radius 3 is 2.95 bits per heavy atom. The maximum absolute atomic E-state index is 5.91. The van der Waals surface area contributed by atoms with Crippen LogP contribution in [-0.4, -0.2) is 11.0 Å². The van der Waals surface area contributed by atoms with E-state index in [1.54, 1.807) is 17.5 Å². The number of rotatable bonds is 4. The average Bonchev–Trinajstić information content (AvgIpc) is 3.12. The maximum atomic E-state index is 5.91. The summed E-state index contributed by atoms with van der Waals surface area (Å²) in [7, 11) is 0. The van der Waals surface area contributed by atoms with Gasteiger partial charge in [0, 0.05) is 10.9 Å². The Morgan fingerprint density at radius 2 is 2.32 bits per heavy atom. The number of hydrogen-bond donors (Lipinski definition) is 1. The zero-order valence-corrected chi connectivity index (χ0v) is 13.2. The van der Waals surface area contributed by atoms with Gasteiger partial charge in [0.15, 0.2) is 0 Å². The van der Waals surface area contributed by atoms with E-state index in [1.807, 2.05) is 6.92 Å². The van der Waals surface area contributed by atoms with Crippen LogP contribution in [0.15, 0.2) is 28.2 Å². The lowest BCUT2D eigenvalue weighted by Gasteiger charge is -2.25. The summed E-state index contributed by atoms with van der Waals surface area (Å²) in [5, 5.41) is 2.12. The summed E-state index contributed by atoms with van der Waals surface area (Å²) in [5.41, 5.74) is 7.72. The topological polar surface area (TPSA) is 42.1 Å². The van der Waals surface area contributed by atoms with Crippen molar-refractivity contribution in [3.8, 4) is 0 Å². The summed E-state index contributed by atoms with van der Waals surface area (Å²) in [6.45, 7) is 2.96. The van der Waals surface area contributed by atoms with Crippen LogP contribution in [0.5, 0.6) is 0 Å². The van der Waals surface area contributed by atoms with Gasteiger partial charge in [-0.1, -0.05) is 6.07 Å². The number of nitrogens with two attached hydrogens (primary N) is 1. The van der Waals surface area contributed by atoms with Crippen molar-refractivity contribution < 1.29 is 0 Å². The van der Waals surface area contributed by atoms with Crippen molar-refractivity contribution in [3.05, 3.63) is 38.6 Å². The van der Waals surface area contributed by atoms with Gasteiger partial charge in [0.1, 0.15) is 5.82 Å². The molecule has 1 saturated carbocycles.